The van der Waals surface area contributed by atoms with Crippen LogP contribution in [0.1, 0.15) is 23.7 Å². The summed E-state index contributed by atoms with van der Waals surface area (Å²) >= 11 is 1.25. The van der Waals surface area contributed by atoms with Crippen molar-refractivity contribution in [1.82, 2.24) is 20.5 Å². The maximum absolute atomic E-state index is 13.9. The molecule has 5 nitrogen and oxygen atoms in total. The molecule has 0 radical (unpaired) electrons. The lowest BCUT2D eigenvalue weighted by molar-refractivity contribution is -0.120. The molecule has 1 aliphatic rings. The SMILES string of the molecule is O=C(NC1CC1)C(Sc1n[nH]c(-c2ccccc2F)n1)c1ccccc1. The fourth-order valence-corrected chi connectivity index (χ4v) is 3.50. The van der Waals surface area contributed by atoms with E-state index in [1.807, 2.05) is 30.3 Å². The number of H-pyrrole nitrogens is 1. The summed E-state index contributed by atoms with van der Waals surface area (Å²) in [7, 11) is 0. The summed E-state index contributed by atoms with van der Waals surface area (Å²) in [6.45, 7) is 0. The number of aromatic nitrogens is 3. The van der Waals surface area contributed by atoms with Crippen molar-refractivity contribution >= 4 is 17.7 Å². The van der Waals surface area contributed by atoms with E-state index in [-0.39, 0.29) is 17.8 Å². The van der Waals surface area contributed by atoms with E-state index in [9.17, 15) is 9.18 Å². The molecule has 2 N–H and O–H groups in total. The molecular formula is C19H17FN4OS. The van der Waals surface area contributed by atoms with E-state index in [0.29, 0.717) is 16.5 Å². The number of hydrogen-bond acceptors (Lipinski definition) is 4. The van der Waals surface area contributed by atoms with Crippen molar-refractivity contribution in [3.05, 3.63) is 66.0 Å². The number of thioether (sulfide) groups is 1. The van der Waals surface area contributed by atoms with Gasteiger partial charge in [-0.3, -0.25) is 9.89 Å². The first-order chi connectivity index (χ1) is 12.7. The van der Waals surface area contributed by atoms with Gasteiger partial charge in [-0.1, -0.05) is 54.2 Å². The highest BCUT2D eigenvalue weighted by Gasteiger charge is 2.30. The summed E-state index contributed by atoms with van der Waals surface area (Å²) in [6, 6.07) is 16.2. The van der Waals surface area contributed by atoms with Crippen molar-refractivity contribution in [2.75, 3.05) is 0 Å². The van der Waals surface area contributed by atoms with Crippen LogP contribution in [0.4, 0.5) is 4.39 Å². The molecule has 1 fully saturated rings. The lowest BCUT2D eigenvalue weighted by Crippen LogP contribution is -2.29. The molecule has 0 saturated heterocycles. The van der Waals surface area contributed by atoms with E-state index in [1.54, 1.807) is 18.2 Å². The fraction of sp³-hybridized carbons (Fsp3) is 0.211. The van der Waals surface area contributed by atoms with Gasteiger partial charge in [0.05, 0.1) is 5.56 Å². The lowest BCUT2D eigenvalue weighted by atomic mass is 10.1. The molecular weight excluding hydrogens is 351 g/mol. The molecule has 1 amide bonds. The minimum Gasteiger partial charge on any atom is -0.352 e. The molecule has 26 heavy (non-hydrogen) atoms. The first-order valence-corrected chi connectivity index (χ1v) is 9.28. The Morgan fingerprint density at radius 1 is 1.15 bits per heavy atom. The Bertz CT molecular complexity index is 911. The summed E-state index contributed by atoms with van der Waals surface area (Å²) in [6.07, 6.45) is 2.05. The number of benzene rings is 2. The van der Waals surface area contributed by atoms with E-state index in [4.69, 9.17) is 0 Å². The van der Waals surface area contributed by atoms with E-state index in [0.717, 1.165) is 18.4 Å². The van der Waals surface area contributed by atoms with Gasteiger partial charge in [0.15, 0.2) is 5.82 Å². The Morgan fingerprint density at radius 2 is 1.88 bits per heavy atom. The Balaban J connectivity index is 1.58. The number of nitrogens with zero attached hydrogens (tertiary/aromatic N) is 2. The van der Waals surface area contributed by atoms with Crippen molar-refractivity contribution < 1.29 is 9.18 Å². The van der Waals surface area contributed by atoms with E-state index < -0.39 is 5.25 Å². The van der Waals surface area contributed by atoms with Gasteiger partial charge < -0.3 is 5.32 Å². The van der Waals surface area contributed by atoms with Crippen molar-refractivity contribution in [2.45, 2.75) is 29.3 Å². The molecule has 0 aliphatic heterocycles. The first-order valence-electron chi connectivity index (χ1n) is 8.40. The van der Waals surface area contributed by atoms with Crippen LogP contribution < -0.4 is 5.32 Å². The number of nitrogens with one attached hydrogen (secondary N) is 2. The van der Waals surface area contributed by atoms with Crippen LogP contribution in [-0.4, -0.2) is 27.1 Å². The minimum absolute atomic E-state index is 0.0547. The molecule has 0 bridgehead atoms. The predicted octanol–water partition coefficient (Wildman–Crippen LogP) is 3.72. The van der Waals surface area contributed by atoms with Crippen LogP contribution in [0.5, 0.6) is 0 Å². The number of rotatable bonds is 6. The third-order valence-electron chi connectivity index (χ3n) is 4.08. The van der Waals surface area contributed by atoms with Crippen LogP contribution in [0, 0.1) is 5.82 Å². The molecule has 1 aromatic heterocycles. The van der Waals surface area contributed by atoms with Crippen LogP contribution in [0.2, 0.25) is 0 Å². The summed E-state index contributed by atoms with van der Waals surface area (Å²) in [5.41, 5.74) is 1.23. The molecule has 1 saturated carbocycles. The first kappa shape index (κ1) is 16.8. The minimum atomic E-state index is -0.457. The van der Waals surface area contributed by atoms with Crippen LogP contribution in [0.25, 0.3) is 11.4 Å². The zero-order valence-electron chi connectivity index (χ0n) is 13.9. The summed E-state index contributed by atoms with van der Waals surface area (Å²) < 4.78 is 13.9. The topological polar surface area (TPSA) is 70.7 Å². The smallest absolute Gasteiger partial charge is 0.238 e. The average Bonchev–Trinajstić information content (AvgIpc) is 3.35. The maximum atomic E-state index is 13.9. The van der Waals surface area contributed by atoms with Gasteiger partial charge in [0.25, 0.3) is 0 Å². The van der Waals surface area contributed by atoms with E-state index in [2.05, 4.69) is 20.5 Å². The van der Waals surface area contributed by atoms with Crippen molar-refractivity contribution in [1.29, 1.82) is 0 Å². The molecule has 4 rings (SSSR count). The number of halogens is 1. The third kappa shape index (κ3) is 3.77. The van der Waals surface area contributed by atoms with Crippen LogP contribution in [-0.2, 0) is 4.79 Å². The molecule has 1 atom stereocenters. The summed E-state index contributed by atoms with van der Waals surface area (Å²) in [4.78, 5) is 17.0. The predicted molar refractivity (Wildman–Crippen MR) is 98.0 cm³/mol. The summed E-state index contributed by atoms with van der Waals surface area (Å²) in [5, 5.41) is 9.90. The zero-order chi connectivity index (χ0) is 17.9. The Labute approximate surface area is 154 Å². The molecule has 3 aromatic rings. The second-order valence-corrected chi connectivity index (χ2v) is 7.21. The van der Waals surface area contributed by atoms with Crippen molar-refractivity contribution in [3.63, 3.8) is 0 Å². The highest BCUT2D eigenvalue weighted by molar-refractivity contribution is 8.00. The fourth-order valence-electron chi connectivity index (χ4n) is 2.58. The van der Waals surface area contributed by atoms with Gasteiger partial charge in [-0.05, 0) is 30.5 Å². The molecule has 0 spiro atoms. The maximum Gasteiger partial charge on any atom is 0.238 e. The number of amides is 1. The number of aromatic amines is 1. The van der Waals surface area contributed by atoms with Gasteiger partial charge in [0.2, 0.25) is 11.1 Å². The highest BCUT2D eigenvalue weighted by atomic mass is 32.2. The molecule has 1 aliphatic carbocycles. The quantitative estimate of drug-likeness (QED) is 0.651. The van der Waals surface area contributed by atoms with Crippen LogP contribution in [0.3, 0.4) is 0 Å². The van der Waals surface area contributed by atoms with Crippen molar-refractivity contribution in [2.24, 2.45) is 0 Å². The second kappa shape index (κ2) is 7.29. The van der Waals surface area contributed by atoms with Gasteiger partial charge in [-0.25, -0.2) is 9.37 Å². The van der Waals surface area contributed by atoms with E-state index >= 15 is 0 Å². The number of carbonyl (C=O) groups is 1. The number of carbonyl (C=O) groups excluding carboxylic acids is 1. The van der Waals surface area contributed by atoms with Gasteiger partial charge >= 0.3 is 0 Å². The number of hydrogen-bond donors (Lipinski definition) is 2. The Kier molecular flexibility index (Phi) is 4.71. The highest BCUT2D eigenvalue weighted by Crippen LogP contribution is 2.35. The normalized spacial score (nSPS) is 14.8. The van der Waals surface area contributed by atoms with E-state index in [1.165, 1.54) is 17.8 Å². The second-order valence-electron chi connectivity index (χ2n) is 6.14. The molecule has 132 valence electrons. The standard InChI is InChI=1S/C19H17FN4OS/c20-15-9-5-4-8-14(15)17-22-19(24-23-17)26-16(12-6-2-1-3-7-12)18(25)21-13-10-11-13/h1-9,13,16H,10-11H2,(H,21,25)(H,22,23,24). The molecule has 7 heteroatoms. The Hall–Kier alpha value is -2.67. The third-order valence-corrected chi connectivity index (χ3v) is 5.20. The van der Waals surface area contributed by atoms with Crippen LogP contribution >= 0.6 is 11.8 Å². The zero-order valence-corrected chi connectivity index (χ0v) is 14.7. The van der Waals surface area contributed by atoms with Crippen molar-refractivity contribution in [3.8, 4) is 11.4 Å². The molecule has 1 heterocycles. The Morgan fingerprint density at radius 3 is 2.62 bits per heavy atom. The van der Waals surface area contributed by atoms with Gasteiger partial charge in [0.1, 0.15) is 11.1 Å². The lowest BCUT2D eigenvalue weighted by Gasteiger charge is -2.15. The monoisotopic (exact) mass is 368 g/mol. The van der Waals surface area contributed by atoms with Gasteiger partial charge in [0, 0.05) is 6.04 Å². The summed E-state index contributed by atoms with van der Waals surface area (Å²) in [5.74, 6) is -0.0766. The van der Waals surface area contributed by atoms with Gasteiger partial charge in [-0.15, -0.1) is 5.10 Å². The largest absolute Gasteiger partial charge is 0.352 e. The average molecular weight is 368 g/mol. The molecule has 2 aromatic carbocycles. The van der Waals surface area contributed by atoms with Gasteiger partial charge in [-0.2, -0.15) is 0 Å². The van der Waals surface area contributed by atoms with Crippen LogP contribution in [0.15, 0.2) is 59.8 Å². The molecule has 1 unspecified atom stereocenters.